The van der Waals surface area contributed by atoms with Crippen molar-refractivity contribution >= 4 is 36.2 Å². The molecule has 0 bridgehead atoms. The largest absolute Gasteiger partial charge is 0.465 e. The SMILES string of the molecule is CNCc1ccc([C@@H]2C[C@H](S[C@@H](C)N(C(=O)O)C(=O)c3cnc[nH]3)CN2)cc1.Cl. The molecule has 1 aliphatic heterocycles. The minimum absolute atomic E-state index is 0. The van der Waals surface area contributed by atoms with Crippen molar-refractivity contribution in [3.05, 3.63) is 53.6 Å². The minimum Gasteiger partial charge on any atom is -0.465 e. The molecule has 158 valence electrons. The molecule has 3 rings (SSSR count). The maximum Gasteiger partial charge on any atom is 0.415 e. The quantitative estimate of drug-likeness (QED) is 0.491. The van der Waals surface area contributed by atoms with Crippen LogP contribution < -0.4 is 10.6 Å². The predicted octanol–water partition coefficient (Wildman–Crippen LogP) is 2.85. The van der Waals surface area contributed by atoms with Gasteiger partial charge in [0.15, 0.2) is 0 Å². The number of amides is 2. The van der Waals surface area contributed by atoms with Crippen LogP contribution >= 0.6 is 24.2 Å². The van der Waals surface area contributed by atoms with E-state index in [1.54, 1.807) is 6.92 Å². The number of carbonyl (C=O) groups is 2. The van der Waals surface area contributed by atoms with Gasteiger partial charge < -0.3 is 20.7 Å². The number of aromatic amines is 1. The fourth-order valence-electron chi connectivity index (χ4n) is 3.38. The Bertz CT molecular complexity index is 803. The summed E-state index contributed by atoms with van der Waals surface area (Å²) in [5.41, 5.74) is 2.62. The van der Waals surface area contributed by atoms with Crippen LogP contribution in [-0.2, 0) is 6.54 Å². The third-order valence-electron chi connectivity index (χ3n) is 4.76. The molecule has 3 atom stereocenters. The number of halogens is 1. The molecule has 1 fully saturated rings. The number of hydrogen-bond donors (Lipinski definition) is 4. The molecule has 29 heavy (non-hydrogen) atoms. The van der Waals surface area contributed by atoms with Crippen LogP contribution in [0.1, 0.15) is 41.0 Å². The summed E-state index contributed by atoms with van der Waals surface area (Å²) in [5, 5.41) is 15.9. The number of imide groups is 1. The number of imidazole rings is 1. The molecule has 0 spiro atoms. The summed E-state index contributed by atoms with van der Waals surface area (Å²) in [4.78, 5) is 31.5. The standard InChI is InChI=1S/C19H25N5O3S.ClH/c1-12(24(19(26)27)18(25)17-10-21-11-23-17)28-15-7-16(22-9-15)14-5-3-13(4-6-14)8-20-2;/h3-6,10-12,15-16,20,22H,7-9H2,1-2H3,(H,21,23)(H,26,27);1H/t12-,15-,16-;/m0./s1. The Hall–Kier alpha value is -2.07. The minimum atomic E-state index is -1.26. The van der Waals surface area contributed by atoms with Crippen molar-refractivity contribution in [1.82, 2.24) is 25.5 Å². The Morgan fingerprint density at radius 1 is 1.38 bits per heavy atom. The molecular weight excluding hydrogens is 414 g/mol. The van der Waals surface area contributed by atoms with Gasteiger partial charge in [0, 0.05) is 24.4 Å². The molecule has 1 aliphatic rings. The zero-order valence-electron chi connectivity index (χ0n) is 16.3. The normalized spacial score (nSPS) is 19.4. The molecule has 0 aliphatic carbocycles. The summed E-state index contributed by atoms with van der Waals surface area (Å²) in [6, 6.07) is 8.73. The van der Waals surface area contributed by atoms with Gasteiger partial charge in [-0.05, 0) is 31.5 Å². The van der Waals surface area contributed by atoms with Crippen LogP contribution in [-0.4, -0.2) is 56.2 Å². The third kappa shape index (κ3) is 5.72. The zero-order valence-corrected chi connectivity index (χ0v) is 17.9. The Morgan fingerprint density at radius 2 is 2.10 bits per heavy atom. The van der Waals surface area contributed by atoms with Crippen LogP contribution in [0.4, 0.5) is 4.79 Å². The second-order valence-electron chi connectivity index (χ2n) is 6.75. The first kappa shape index (κ1) is 23.2. The number of carbonyl (C=O) groups excluding carboxylic acids is 1. The van der Waals surface area contributed by atoms with E-state index in [1.165, 1.54) is 35.4 Å². The molecule has 8 nitrogen and oxygen atoms in total. The number of rotatable bonds is 7. The number of H-pyrrole nitrogens is 1. The van der Waals surface area contributed by atoms with E-state index < -0.39 is 17.4 Å². The van der Waals surface area contributed by atoms with Gasteiger partial charge in [-0.1, -0.05) is 24.3 Å². The third-order valence-corrected chi connectivity index (χ3v) is 6.11. The van der Waals surface area contributed by atoms with Crippen LogP contribution in [0.2, 0.25) is 0 Å². The van der Waals surface area contributed by atoms with Gasteiger partial charge >= 0.3 is 6.09 Å². The van der Waals surface area contributed by atoms with E-state index in [0.717, 1.165) is 24.4 Å². The molecule has 2 heterocycles. The summed E-state index contributed by atoms with van der Waals surface area (Å²) >= 11 is 1.50. The molecular formula is C19H26ClN5O3S. The molecule has 0 unspecified atom stereocenters. The summed E-state index contributed by atoms with van der Waals surface area (Å²) in [6.45, 7) is 3.35. The van der Waals surface area contributed by atoms with E-state index >= 15 is 0 Å². The van der Waals surface area contributed by atoms with Gasteiger partial charge in [-0.3, -0.25) is 4.79 Å². The number of carboxylic acid groups (broad SMARTS) is 1. The lowest BCUT2D eigenvalue weighted by Crippen LogP contribution is -2.42. The highest BCUT2D eigenvalue weighted by molar-refractivity contribution is 8.00. The number of nitrogens with one attached hydrogen (secondary N) is 3. The summed E-state index contributed by atoms with van der Waals surface area (Å²) in [7, 11) is 1.92. The molecule has 10 heteroatoms. The number of benzene rings is 1. The molecule has 2 amide bonds. The fraction of sp³-hybridized carbons (Fsp3) is 0.421. The maximum absolute atomic E-state index is 12.5. The lowest BCUT2D eigenvalue weighted by atomic mass is 10.0. The van der Waals surface area contributed by atoms with Crippen LogP contribution in [0.15, 0.2) is 36.8 Å². The van der Waals surface area contributed by atoms with Gasteiger partial charge in [-0.15, -0.1) is 24.2 Å². The smallest absolute Gasteiger partial charge is 0.415 e. The van der Waals surface area contributed by atoms with Crippen LogP contribution in [0.25, 0.3) is 0 Å². The highest BCUT2D eigenvalue weighted by atomic mass is 35.5. The van der Waals surface area contributed by atoms with Gasteiger partial charge in [0.05, 0.1) is 17.9 Å². The number of nitrogens with zero attached hydrogens (tertiary/aromatic N) is 2. The Kier molecular flexibility index (Phi) is 8.51. The zero-order chi connectivity index (χ0) is 20.1. The van der Waals surface area contributed by atoms with Crippen LogP contribution in [0, 0.1) is 0 Å². The lowest BCUT2D eigenvalue weighted by Gasteiger charge is -2.25. The second-order valence-corrected chi connectivity index (χ2v) is 8.37. The number of thioether (sulfide) groups is 1. The van der Waals surface area contributed by atoms with Crippen LogP contribution in [0.3, 0.4) is 0 Å². The van der Waals surface area contributed by atoms with Crippen molar-refractivity contribution in [3.8, 4) is 0 Å². The van der Waals surface area contributed by atoms with Crippen molar-refractivity contribution in [3.63, 3.8) is 0 Å². The molecule has 4 N–H and O–H groups in total. The van der Waals surface area contributed by atoms with Gasteiger partial charge in [0.2, 0.25) is 0 Å². The van der Waals surface area contributed by atoms with E-state index in [4.69, 9.17) is 0 Å². The Labute approximate surface area is 180 Å². The van der Waals surface area contributed by atoms with Crippen molar-refractivity contribution in [2.45, 2.75) is 36.6 Å². The average molecular weight is 440 g/mol. The molecule has 2 aromatic rings. The lowest BCUT2D eigenvalue weighted by molar-refractivity contribution is 0.0728. The van der Waals surface area contributed by atoms with E-state index in [2.05, 4.69) is 44.9 Å². The van der Waals surface area contributed by atoms with E-state index in [1.807, 2.05) is 7.05 Å². The number of aromatic nitrogens is 2. The molecule has 1 aromatic heterocycles. The van der Waals surface area contributed by atoms with Gasteiger partial charge in [-0.25, -0.2) is 14.7 Å². The molecule has 1 saturated heterocycles. The Balaban J connectivity index is 0.00000300. The van der Waals surface area contributed by atoms with Crippen molar-refractivity contribution in [2.24, 2.45) is 0 Å². The van der Waals surface area contributed by atoms with Gasteiger partial charge in [0.1, 0.15) is 5.69 Å². The Morgan fingerprint density at radius 3 is 2.69 bits per heavy atom. The van der Waals surface area contributed by atoms with Gasteiger partial charge in [0.25, 0.3) is 5.91 Å². The van der Waals surface area contributed by atoms with Crippen molar-refractivity contribution < 1.29 is 14.7 Å². The molecule has 1 aromatic carbocycles. The van der Waals surface area contributed by atoms with Crippen LogP contribution in [0.5, 0.6) is 0 Å². The van der Waals surface area contributed by atoms with Crippen molar-refractivity contribution in [2.75, 3.05) is 13.6 Å². The molecule has 0 radical (unpaired) electrons. The molecule has 0 saturated carbocycles. The first-order chi connectivity index (χ1) is 13.5. The first-order valence-electron chi connectivity index (χ1n) is 9.16. The predicted molar refractivity (Wildman–Crippen MR) is 115 cm³/mol. The second kappa shape index (κ2) is 10.6. The monoisotopic (exact) mass is 439 g/mol. The van der Waals surface area contributed by atoms with E-state index in [0.29, 0.717) is 0 Å². The highest BCUT2D eigenvalue weighted by Gasteiger charge is 2.33. The maximum atomic E-state index is 12.5. The summed E-state index contributed by atoms with van der Waals surface area (Å²) in [6.07, 6.45) is 2.31. The summed E-state index contributed by atoms with van der Waals surface area (Å²) in [5.74, 6) is -0.590. The fourth-order valence-corrected chi connectivity index (χ4v) is 4.74. The van der Waals surface area contributed by atoms with E-state index in [9.17, 15) is 14.7 Å². The highest BCUT2D eigenvalue weighted by Crippen LogP contribution is 2.33. The van der Waals surface area contributed by atoms with E-state index in [-0.39, 0.29) is 29.4 Å². The first-order valence-corrected chi connectivity index (χ1v) is 10.1. The average Bonchev–Trinajstić information content (AvgIpc) is 3.34. The van der Waals surface area contributed by atoms with Gasteiger partial charge in [-0.2, -0.15) is 0 Å². The number of hydrogen-bond acceptors (Lipinski definition) is 6. The topological polar surface area (TPSA) is 110 Å². The van der Waals surface area contributed by atoms with Crippen molar-refractivity contribution in [1.29, 1.82) is 0 Å². The summed E-state index contributed by atoms with van der Waals surface area (Å²) < 4.78 is 0.